The number of nitrogens with zero attached hydrogens (tertiary/aromatic N) is 1. The Balaban J connectivity index is 0.00000144. The quantitative estimate of drug-likeness (QED) is 0.803. The van der Waals surface area contributed by atoms with Crippen LogP contribution < -0.4 is 14.8 Å². The predicted octanol–water partition coefficient (Wildman–Crippen LogP) is 3.76. The van der Waals surface area contributed by atoms with Crippen LogP contribution in [-0.4, -0.2) is 37.4 Å². The van der Waals surface area contributed by atoms with Gasteiger partial charge in [-0.1, -0.05) is 11.6 Å². The predicted molar refractivity (Wildman–Crippen MR) is 93.8 cm³/mol. The van der Waals surface area contributed by atoms with Gasteiger partial charge in [0.25, 0.3) is 0 Å². The third-order valence-electron chi connectivity index (χ3n) is 3.94. The number of benzene rings is 1. The number of hydrogen-bond donors (Lipinski definition) is 1. The molecule has 1 aromatic rings. The number of nitrogens with one attached hydrogen (secondary N) is 1. The van der Waals surface area contributed by atoms with E-state index >= 15 is 0 Å². The molecule has 1 fully saturated rings. The Morgan fingerprint density at radius 2 is 1.88 bits per heavy atom. The van der Waals surface area contributed by atoms with E-state index in [9.17, 15) is 8.78 Å². The van der Waals surface area contributed by atoms with Gasteiger partial charge in [-0.15, -0.1) is 40.2 Å². The maximum atomic E-state index is 13.2. The minimum absolute atomic E-state index is 0. The summed E-state index contributed by atoms with van der Waals surface area (Å²) in [4.78, 5) is 2.35. The van der Waals surface area contributed by atoms with Gasteiger partial charge in [0.1, 0.15) is 0 Å². The molecule has 2 heterocycles. The van der Waals surface area contributed by atoms with Crippen molar-refractivity contribution in [3.8, 4) is 11.5 Å². The number of halogens is 4. The highest BCUT2D eigenvalue weighted by atomic mass is 35.5. The zero-order valence-corrected chi connectivity index (χ0v) is 15.0. The highest BCUT2D eigenvalue weighted by Crippen LogP contribution is 2.43. The average molecular weight is 383 g/mol. The van der Waals surface area contributed by atoms with Crippen LogP contribution in [-0.2, 0) is 0 Å². The van der Waals surface area contributed by atoms with E-state index in [4.69, 9.17) is 0 Å². The Bertz CT molecular complexity index is 581. The lowest BCUT2D eigenvalue weighted by Gasteiger charge is -2.35. The third-order valence-corrected chi connectivity index (χ3v) is 3.94. The number of hydrogen-bond acceptors (Lipinski definition) is 4. The monoisotopic (exact) mass is 382 g/mol. The summed E-state index contributed by atoms with van der Waals surface area (Å²) in [6, 6.07) is 5.16. The van der Waals surface area contributed by atoms with Crippen LogP contribution in [0.25, 0.3) is 0 Å². The molecule has 1 aromatic carbocycles. The lowest BCUT2D eigenvalue weighted by molar-refractivity contribution is -0.286. The zero-order valence-electron chi connectivity index (χ0n) is 13.4. The third kappa shape index (κ3) is 4.72. The fourth-order valence-corrected chi connectivity index (χ4v) is 2.95. The summed E-state index contributed by atoms with van der Waals surface area (Å²) >= 11 is 0. The standard InChI is InChI=1S/C16H20F2N2O2.2ClH/c1-11(2)9-13(20-7-5-19-6-8-20)12-3-4-14-15(10-12)22-16(17,18)21-14;;/h3-4,10,13,19H,1,5-9H2,2H3;2*1H/t13-;;/m1../s1. The average Bonchev–Trinajstić information content (AvgIpc) is 2.78. The fourth-order valence-electron chi connectivity index (χ4n) is 2.95. The van der Waals surface area contributed by atoms with E-state index in [1.165, 1.54) is 0 Å². The van der Waals surface area contributed by atoms with Crippen molar-refractivity contribution in [1.29, 1.82) is 0 Å². The van der Waals surface area contributed by atoms with Crippen LogP contribution in [0.2, 0.25) is 0 Å². The van der Waals surface area contributed by atoms with Gasteiger partial charge in [0.15, 0.2) is 11.5 Å². The zero-order chi connectivity index (χ0) is 15.7. The molecule has 3 rings (SSSR count). The summed E-state index contributed by atoms with van der Waals surface area (Å²) in [5.41, 5.74) is 2.01. The Morgan fingerprint density at radius 1 is 1.25 bits per heavy atom. The van der Waals surface area contributed by atoms with E-state index in [0.29, 0.717) is 0 Å². The fraction of sp³-hybridized carbons (Fsp3) is 0.500. The second kappa shape index (κ2) is 8.34. The number of fused-ring (bicyclic) bond motifs is 1. The Labute approximate surface area is 153 Å². The van der Waals surface area contributed by atoms with Gasteiger partial charge >= 0.3 is 6.29 Å². The molecular formula is C16H22Cl2F2N2O2. The summed E-state index contributed by atoms with van der Waals surface area (Å²) in [5, 5.41) is 3.32. The van der Waals surface area contributed by atoms with E-state index in [-0.39, 0.29) is 42.4 Å². The minimum atomic E-state index is -3.57. The van der Waals surface area contributed by atoms with Crippen LogP contribution in [0.3, 0.4) is 0 Å². The van der Waals surface area contributed by atoms with Crippen LogP contribution >= 0.6 is 24.8 Å². The molecule has 1 atom stereocenters. The van der Waals surface area contributed by atoms with Crippen molar-refractivity contribution in [3.05, 3.63) is 35.9 Å². The smallest absolute Gasteiger partial charge is 0.395 e. The first-order valence-electron chi connectivity index (χ1n) is 7.43. The number of rotatable bonds is 4. The molecule has 0 spiro atoms. The number of ether oxygens (including phenoxy) is 2. The molecule has 0 saturated carbocycles. The molecule has 24 heavy (non-hydrogen) atoms. The molecule has 0 radical (unpaired) electrons. The molecule has 8 heteroatoms. The molecule has 0 aromatic heterocycles. The summed E-state index contributed by atoms with van der Waals surface area (Å²) in [6.07, 6.45) is -2.78. The molecule has 0 amide bonds. The molecular weight excluding hydrogens is 361 g/mol. The van der Waals surface area contributed by atoms with E-state index in [1.807, 2.05) is 13.0 Å². The molecule has 0 unspecified atom stereocenters. The molecule has 1 N–H and O–H groups in total. The highest BCUT2D eigenvalue weighted by molar-refractivity contribution is 5.85. The molecule has 1 saturated heterocycles. The van der Waals surface area contributed by atoms with Crippen molar-refractivity contribution >= 4 is 24.8 Å². The molecule has 2 aliphatic heterocycles. The van der Waals surface area contributed by atoms with Crippen LogP contribution in [0.15, 0.2) is 30.4 Å². The molecule has 136 valence electrons. The largest absolute Gasteiger partial charge is 0.586 e. The van der Waals surface area contributed by atoms with E-state index in [2.05, 4.69) is 26.3 Å². The second-order valence-electron chi connectivity index (χ2n) is 5.84. The van der Waals surface area contributed by atoms with Gasteiger partial charge in [-0.3, -0.25) is 4.90 Å². The van der Waals surface area contributed by atoms with Gasteiger partial charge in [-0.25, -0.2) is 0 Å². The van der Waals surface area contributed by atoms with E-state index in [1.54, 1.807) is 12.1 Å². The van der Waals surface area contributed by atoms with E-state index in [0.717, 1.165) is 43.7 Å². The topological polar surface area (TPSA) is 33.7 Å². The maximum Gasteiger partial charge on any atom is 0.586 e. The number of piperazine rings is 1. The van der Waals surface area contributed by atoms with Crippen LogP contribution in [0, 0.1) is 0 Å². The molecule has 2 aliphatic rings. The Hall–Kier alpha value is -1.08. The van der Waals surface area contributed by atoms with Gasteiger partial charge in [0.05, 0.1) is 0 Å². The summed E-state index contributed by atoms with van der Waals surface area (Å²) in [7, 11) is 0. The molecule has 0 bridgehead atoms. The van der Waals surface area contributed by atoms with Crippen LogP contribution in [0.5, 0.6) is 11.5 Å². The first-order chi connectivity index (χ1) is 10.4. The Morgan fingerprint density at radius 3 is 2.50 bits per heavy atom. The van der Waals surface area contributed by atoms with Crippen LogP contribution in [0.1, 0.15) is 24.9 Å². The highest BCUT2D eigenvalue weighted by Gasteiger charge is 2.43. The maximum absolute atomic E-state index is 13.2. The SMILES string of the molecule is C=C(C)C[C@H](c1ccc2c(c1)OC(F)(F)O2)N1CCNCC1.Cl.Cl. The minimum Gasteiger partial charge on any atom is -0.395 e. The van der Waals surface area contributed by atoms with Crippen molar-refractivity contribution < 1.29 is 18.3 Å². The van der Waals surface area contributed by atoms with Gasteiger partial charge in [-0.05, 0) is 31.0 Å². The normalized spacial score (nSPS) is 19.8. The lowest BCUT2D eigenvalue weighted by Crippen LogP contribution is -2.45. The number of alkyl halides is 2. The van der Waals surface area contributed by atoms with Crippen LogP contribution in [0.4, 0.5) is 8.78 Å². The first kappa shape index (κ1) is 21.0. The second-order valence-corrected chi connectivity index (χ2v) is 5.84. The summed E-state index contributed by atoms with van der Waals surface area (Å²) in [5.74, 6) is 0.187. The van der Waals surface area contributed by atoms with Gasteiger partial charge in [0, 0.05) is 32.2 Å². The Kier molecular flexibility index (Phi) is 7.28. The van der Waals surface area contributed by atoms with Crippen molar-refractivity contribution in [2.45, 2.75) is 25.7 Å². The van der Waals surface area contributed by atoms with Gasteiger partial charge in [0.2, 0.25) is 0 Å². The summed E-state index contributed by atoms with van der Waals surface area (Å²) < 4.78 is 35.3. The first-order valence-corrected chi connectivity index (χ1v) is 7.43. The van der Waals surface area contributed by atoms with Crippen molar-refractivity contribution in [2.24, 2.45) is 0 Å². The van der Waals surface area contributed by atoms with Crippen molar-refractivity contribution in [3.63, 3.8) is 0 Å². The van der Waals surface area contributed by atoms with Gasteiger partial charge in [-0.2, -0.15) is 0 Å². The van der Waals surface area contributed by atoms with E-state index < -0.39 is 6.29 Å². The van der Waals surface area contributed by atoms with Crippen molar-refractivity contribution in [2.75, 3.05) is 26.2 Å². The van der Waals surface area contributed by atoms with Crippen molar-refractivity contribution in [1.82, 2.24) is 10.2 Å². The molecule has 4 nitrogen and oxygen atoms in total. The molecule has 0 aliphatic carbocycles. The van der Waals surface area contributed by atoms with Gasteiger partial charge < -0.3 is 14.8 Å². The summed E-state index contributed by atoms with van der Waals surface area (Å²) in [6.45, 7) is 9.67. The lowest BCUT2D eigenvalue weighted by atomic mass is 9.97.